The molecular formula is C23H29ClN2O2. The molecule has 0 spiro atoms. The quantitative estimate of drug-likeness (QED) is 0.746. The fourth-order valence-corrected chi connectivity index (χ4v) is 3.67. The van der Waals surface area contributed by atoms with Crippen molar-refractivity contribution in [2.75, 3.05) is 19.7 Å². The van der Waals surface area contributed by atoms with E-state index in [-0.39, 0.29) is 17.9 Å². The van der Waals surface area contributed by atoms with Crippen LogP contribution in [0.4, 0.5) is 0 Å². The average Bonchev–Trinajstić information content (AvgIpc) is 2.70. The number of rotatable bonds is 7. The van der Waals surface area contributed by atoms with E-state index in [0.29, 0.717) is 6.61 Å². The summed E-state index contributed by atoms with van der Waals surface area (Å²) in [4.78, 5) is 14.9. The molecule has 1 amide bonds. The summed E-state index contributed by atoms with van der Waals surface area (Å²) in [7, 11) is 0. The first-order valence-corrected chi connectivity index (χ1v) is 10.3. The van der Waals surface area contributed by atoms with Crippen molar-refractivity contribution in [1.29, 1.82) is 0 Å². The molecule has 3 rings (SSSR count). The second kappa shape index (κ2) is 9.94. The minimum Gasteiger partial charge on any atom is -0.491 e. The summed E-state index contributed by atoms with van der Waals surface area (Å²) in [5.74, 6) is 1.04. The van der Waals surface area contributed by atoms with Crippen molar-refractivity contribution in [3.8, 4) is 5.75 Å². The second-order valence-electron chi connectivity index (χ2n) is 7.68. The number of hydrogen-bond donors (Lipinski definition) is 1. The Morgan fingerprint density at radius 2 is 1.86 bits per heavy atom. The van der Waals surface area contributed by atoms with Crippen molar-refractivity contribution in [2.45, 2.75) is 39.3 Å². The molecule has 1 fully saturated rings. The van der Waals surface area contributed by atoms with E-state index in [0.717, 1.165) is 48.8 Å². The first kappa shape index (κ1) is 20.7. The molecule has 0 saturated carbocycles. The van der Waals surface area contributed by atoms with Gasteiger partial charge in [-0.1, -0.05) is 47.5 Å². The van der Waals surface area contributed by atoms with Crippen molar-refractivity contribution < 1.29 is 9.53 Å². The highest BCUT2D eigenvalue weighted by Gasteiger charge is 2.26. The van der Waals surface area contributed by atoms with Crippen molar-refractivity contribution in [3.63, 3.8) is 0 Å². The van der Waals surface area contributed by atoms with E-state index in [2.05, 4.69) is 16.3 Å². The van der Waals surface area contributed by atoms with Gasteiger partial charge in [-0.15, -0.1) is 0 Å². The Kier molecular flexibility index (Phi) is 7.35. The summed E-state index contributed by atoms with van der Waals surface area (Å²) in [6.45, 7) is 7.18. The van der Waals surface area contributed by atoms with Crippen LogP contribution in [0.15, 0.2) is 48.5 Å². The number of halogens is 1. The number of likely N-dealkylation sites (tertiary alicyclic amines) is 1. The van der Waals surface area contributed by atoms with E-state index < -0.39 is 0 Å². The molecule has 150 valence electrons. The largest absolute Gasteiger partial charge is 0.491 e. The summed E-state index contributed by atoms with van der Waals surface area (Å²) in [6.07, 6.45) is 1.75. The van der Waals surface area contributed by atoms with Gasteiger partial charge in [-0.3, -0.25) is 9.69 Å². The molecule has 1 saturated heterocycles. The van der Waals surface area contributed by atoms with Crippen LogP contribution in [0, 0.1) is 12.8 Å². The van der Waals surface area contributed by atoms with Crippen molar-refractivity contribution in [3.05, 3.63) is 64.7 Å². The maximum atomic E-state index is 12.6. The fraction of sp³-hybridized carbons (Fsp3) is 0.435. The molecule has 5 heteroatoms. The number of carbonyl (C=O) groups is 1. The standard InChI is InChI=1S/C23H29ClN2O2/c1-17-7-9-21(10-8-17)28-16-18(2)25-23(27)19-11-13-26(14-12-19)15-20-5-3-4-6-22(20)24/h3-10,18-19H,11-16H2,1-2H3,(H,25,27)/t18-/m1/s1. The van der Waals surface area contributed by atoms with Gasteiger partial charge in [0.2, 0.25) is 5.91 Å². The predicted octanol–water partition coefficient (Wildman–Crippen LogP) is 4.44. The highest BCUT2D eigenvalue weighted by molar-refractivity contribution is 6.31. The number of nitrogens with one attached hydrogen (secondary N) is 1. The third kappa shape index (κ3) is 5.98. The van der Waals surface area contributed by atoms with E-state index in [1.54, 1.807) is 0 Å². The van der Waals surface area contributed by atoms with Crippen molar-refractivity contribution in [2.24, 2.45) is 5.92 Å². The van der Waals surface area contributed by atoms with E-state index in [1.807, 2.05) is 56.3 Å². The fourth-order valence-electron chi connectivity index (χ4n) is 3.48. The Morgan fingerprint density at radius 1 is 1.18 bits per heavy atom. The molecule has 0 aromatic heterocycles. The third-order valence-electron chi connectivity index (χ3n) is 5.22. The number of amides is 1. The monoisotopic (exact) mass is 400 g/mol. The molecule has 1 atom stereocenters. The van der Waals surface area contributed by atoms with Crippen LogP contribution in [0.3, 0.4) is 0 Å². The van der Waals surface area contributed by atoms with Crippen LogP contribution >= 0.6 is 11.6 Å². The molecule has 1 aliphatic heterocycles. The predicted molar refractivity (Wildman–Crippen MR) is 114 cm³/mol. The zero-order valence-corrected chi connectivity index (χ0v) is 17.4. The lowest BCUT2D eigenvalue weighted by atomic mass is 9.95. The molecule has 1 aliphatic rings. The van der Waals surface area contributed by atoms with Crippen LogP contribution < -0.4 is 10.1 Å². The lowest BCUT2D eigenvalue weighted by Gasteiger charge is -2.32. The Hall–Kier alpha value is -2.04. The minimum absolute atomic E-state index is 0.0186. The molecule has 2 aromatic rings. The van der Waals surface area contributed by atoms with Crippen molar-refractivity contribution in [1.82, 2.24) is 10.2 Å². The minimum atomic E-state index is -0.0186. The zero-order chi connectivity index (χ0) is 19.9. The van der Waals surface area contributed by atoms with Gasteiger partial charge in [0.15, 0.2) is 0 Å². The molecule has 0 aliphatic carbocycles. The van der Waals surface area contributed by atoms with Crippen LogP contribution in [-0.4, -0.2) is 36.5 Å². The molecule has 0 unspecified atom stereocenters. The number of carbonyl (C=O) groups excluding carboxylic acids is 1. The van der Waals surface area contributed by atoms with Crippen LogP contribution in [0.5, 0.6) is 5.75 Å². The van der Waals surface area contributed by atoms with Crippen LogP contribution in [-0.2, 0) is 11.3 Å². The summed E-state index contributed by atoms with van der Waals surface area (Å²) >= 11 is 6.26. The lowest BCUT2D eigenvalue weighted by Crippen LogP contribution is -2.44. The van der Waals surface area contributed by atoms with Crippen LogP contribution in [0.2, 0.25) is 5.02 Å². The topological polar surface area (TPSA) is 41.6 Å². The summed E-state index contributed by atoms with van der Waals surface area (Å²) in [6, 6.07) is 15.9. The summed E-state index contributed by atoms with van der Waals surface area (Å²) in [5.41, 5.74) is 2.35. The third-order valence-corrected chi connectivity index (χ3v) is 5.59. The summed E-state index contributed by atoms with van der Waals surface area (Å²) < 4.78 is 5.77. The Bertz CT molecular complexity index is 770. The molecule has 0 radical (unpaired) electrons. The van der Waals surface area contributed by atoms with E-state index >= 15 is 0 Å². The normalized spacial score (nSPS) is 16.5. The summed E-state index contributed by atoms with van der Waals surface area (Å²) in [5, 5.41) is 3.91. The molecular weight excluding hydrogens is 372 g/mol. The van der Waals surface area contributed by atoms with Crippen LogP contribution in [0.25, 0.3) is 0 Å². The molecule has 4 nitrogen and oxygen atoms in total. The van der Waals surface area contributed by atoms with Gasteiger partial charge in [0, 0.05) is 17.5 Å². The van der Waals surface area contributed by atoms with Gasteiger partial charge < -0.3 is 10.1 Å². The van der Waals surface area contributed by atoms with Crippen molar-refractivity contribution >= 4 is 17.5 Å². The Balaban J connectivity index is 1.39. The highest BCUT2D eigenvalue weighted by atomic mass is 35.5. The lowest BCUT2D eigenvalue weighted by molar-refractivity contribution is -0.127. The first-order valence-electron chi connectivity index (χ1n) is 9.97. The maximum absolute atomic E-state index is 12.6. The number of hydrogen-bond acceptors (Lipinski definition) is 3. The van der Waals surface area contributed by atoms with Gasteiger partial charge in [0.25, 0.3) is 0 Å². The number of ether oxygens (including phenoxy) is 1. The van der Waals surface area contributed by atoms with Gasteiger partial charge in [0.1, 0.15) is 12.4 Å². The van der Waals surface area contributed by atoms with Gasteiger partial charge >= 0.3 is 0 Å². The molecule has 28 heavy (non-hydrogen) atoms. The Morgan fingerprint density at radius 3 is 2.54 bits per heavy atom. The molecule has 0 bridgehead atoms. The number of piperidine rings is 1. The van der Waals surface area contributed by atoms with Crippen LogP contribution in [0.1, 0.15) is 30.9 Å². The Labute approximate surface area is 172 Å². The molecule has 2 aromatic carbocycles. The van der Waals surface area contributed by atoms with Gasteiger partial charge in [0.05, 0.1) is 6.04 Å². The van der Waals surface area contributed by atoms with Gasteiger partial charge in [-0.05, 0) is 63.5 Å². The second-order valence-corrected chi connectivity index (χ2v) is 8.08. The molecule has 1 heterocycles. The SMILES string of the molecule is Cc1ccc(OC[C@@H](C)NC(=O)C2CCN(Cc3ccccc3Cl)CC2)cc1. The molecule has 1 N–H and O–H groups in total. The first-order chi connectivity index (χ1) is 13.5. The van der Waals surface area contributed by atoms with E-state index in [1.165, 1.54) is 5.56 Å². The smallest absolute Gasteiger partial charge is 0.223 e. The average molecular weight is 401 g/mol. The van der Waals surface area contributed by atoms with E-state index in [9.17, 15) is 4.79 Å². The number of benzene rings is 2. The number of nitrogens with zero attached hydrogens (tertiary/aromatic N) is 1. The maximum Gasteiger partial charge on any atom is 0.223 e. The zero-order valence-electron chi connectivity index (χ0n) is 16.7. The number of aryl methyl sites for hydroxylation is 1. The van der Waals surface area contributed by atoms with E-state index in [4.69, 9.17) is 16.3 Å². The van der Waals surface area contributed by atoms with Gasteiger partial charge in [-0.2, -0.15) is 0 Å². The highest BCUT2D eigenvalue weighted by Crippen LogP contribution is 2.22. The van der Waals surface area contributed by atoms with Gasteiger partial charge in [-0.25, -0.2) is 0 Å².